The van der Waals surface area contributed by atoms with E-state index in [-0.39, 0.29) is 37.0 Å². The predicted octanol–water partition coefficient (Wildman–Crippen LogP) is -0.494. The van der Waals surface area contributed by atoms with Gasteiger partial charge < -0.3 is 5.11 Å². The largest absolute Gasteiger partial charge is 0.391 e. The molecule has 1 aromatic rings. The first-order valence-corrected chi connectivity index (χ1v) is 10.0. The van der Waals surface area contributed by atoms with Crippen LogP contribution in [-0.2, 0) is 26.7 Å². The molecular formula is C10H16N2O5S3. The van der Waals surface area contributed by atoms with Gasteiger partial charge in [0.05, 0.1) is 12.9 Å². The van der Waals surface area contributed by atoms with E-state index in [1.807, 2.05) is 0 Å². The summed E-state index contributed by atoms with van der Waals surface area (Å²) in [5.74, 6) is 0. The maximum absolute atomic E-state index is 12.4. The third kappa shape index (κ3) is 3.21. The summed E-state index contributed by atoms with van der Waals surface area (Å²) in [4.78, 5) is 0.582. The third-order valence-corrected chi connectivity index (χ3v) is 7.79. The molecule has 7 nitrogen and oxygen atoms in total. The van der Waals surface area contributed by atoms with Gasteiger partial charge in [-0.3, -0.25) is 0 Å². The number of hydrogen-bond donors (Lipinski definition) is 1. The standard InChI is InChI=1S/C10H16N2O5S3/c1-19(14,15)11-4-6-12(7-5-11)20(16,17)10-3-2-9(8-13)18-10/h2-3,13H,4-8H2,1H3. The second-order valence-electron chi connectivity index (χ2n) is 4.44. The average Bonchev–Trinajstić information content (AvgIpc) is 2.87. The molecule has 0 spiro atoms. The topological polar surface area (TPSA) is 95.0 Å². The van der Waals surface area contributed by atoms with Crippen LogP contribution < -0.4 is 0 Å². The molecule has 20 heavy (non-hydrogen) atoms. The van der Waals surface area contributed by atoms with Crippen LogP contribution in [-0.4, -0.2) is 63.0 Å². The number of piperazine rings is 1. The summed E-state index contributed by atoms with van der Waals surface area (Å²) in [5.41, 5.74) is 0. The summed E-state index contributed by atoms with van der Waals surface area (Å²) in [6.07, 6.45) is 1.12. The van der Waals surface area contributed by atoms with Crippen molar-refractivity contribution in [2.45, 2.75) is 10.8 Å². The van der Waals surface area contributed by atoms with Gasteiger partial charge in [0.25, 0.3) is 10.0 Å². The lowest BCUT2D eigenvalue weighted by atomic mass is 10.4. The van der Waals surface area contributed by atoms with Crippen molar-refractivity contribution in [3.05, 3.63) is 17.0 Å². The minimum atomic E-state index is -3.60. The van der Waals surface area contributed by atoms with Gasteiger partial charge in [0.15, 0.2) is 0 Å². The second-order valence-corrected chi connectivity index (χ2v) is 9.76. The van der Waals surface area contributed by atoms with Gasteiger partial charge in [-0.1, -0.05) is 0 Å². The molecule has 0 bridgehead atoms. The van der Waals surface area contributed by atoms with Crippen molar-refractivity contribution in [3.8, 4) is 0 Å². The van der Waals surface area contributed by atoms with Crippen molar-refractivity contribution >= 4 is 31.4 Å². The highest BCUT2D eigenvalue weighted by atomic mass is 32.2. The number of aliphatic hydroxyl groups excluding tert-OH is 1. The van der Waals surface area contributed by atoms with Crippen LogP contribution in [0.2, 0.25) is 0 Å². The third-order valence-electron chi connectivity index (χ3n) is 3.05. The highest BCUT2D eigenvalue weighted by Gasteiger charge is 2.32. The number of sulfonamides is 2. The van der Waals surface area contributed by atoms with E-state index in [1.165, 1.54) is 14.7 Å². The lowest BCUT2D eigenvalue weighted by Gasteiger charge is -2.32. The van der Waals surface area contributed by atoms with Crippen molar-refractivity contribution in [1.82, 2.24) is 8.61 Å². The van der Waals surface area contributed by atoms with E-state index in [2.05, 4.69) is 0 Å². The Labute approximate surface area is 122 Å². The molecule has 114 valence electrons. The fraction of sp³-hybridized carbons (Fsp3) is 0.600. The van der Waals surface area contributed by atoms with E-state index in [4.69, 9.17) is 5.11 Å². The molecule has 1 N–H and O–H groups in total. The first-order valence-electron chi connectivity index (χ1n) is 5.90. The van der Waals surface area contributed by atoms with Crippen LogP contribution in [0.1, 0.15) is 4.88 Å². The Balaban J connectivity index is 2.13. The normalized spacial score (nSPS) is 19.3. The highest BCUT2D eigenvalue weighted by Crippen LogP contribution is 2.25. The van der Waals surface area contributed by atoms with Crippen LogP contribution in [0.4, 0.5) is 0 Å². The number of thiophene rings is 1. The molecule has 1 fully saturated rings. The van der Waals surface area contributed by atoms with Gasteiger partial charge in [-0.2, -0.15) is 8.61 Å². The van der Waals surface area contributed by atoms with Crippen molar-refractivity contribution in [2.24, 2.45) is 0 Å². The molecule has 0 radical (unpaired) electrons. The van der Waals surface area contributed by atoms with Gasteiger partial charge in [0.2, 0.25) is 10.0 Å². The van der Waals surface area contributed by atoms with Crippen LogP contribution in [0.25, 0.3) is 0 Å². The Morgan fingerprint density at radius 2 is 1.65 bits per heavy atom. The van der Waals surface area contributed by atoms with E-state index < -0.39 is 20.0 Å². The zero-order valence-electron chi connectivity index (χ0n) is 10.9. The van der Waals surface area contributed by atoms with E-state index in [1.54, 1.807) is 6.07 Å². The summed E-state index contributed by atoms with van der Waals surface area (Å²) in [5, 5.41) is 8.98. The van der Waals surface area contributed by atoms with Crippen LogP contribution in [0.15, 0.2) is 16.3 Å². The van der Waals surface area contributed by atoms with Gasteiger partial charge in [-0.25, -0.2) is 16.8 Å². The number of rotatable bonds is 4. The summed E-state index contributed by atoms with van der Waals surface area (Å²) in [6, 6.07) is 3.04. The summed E-state index contributed by atoms with van der Waals surface area (Å²) >= 11 is 1.03. The van der Waals surface area contributed by atoms with Gasteiger partial charge in [0.1, 0.15) is 4.21 Å². The van der Waals surface area contributed by atoms with Crippen LogP contribution in [0, 0.1) is 0 Å². The number of nitrogens with zero attached hydrogens (tertiary/aromatic N) is 2. The molecule has 1 aliphatic heterocycles. The minimum absolute atomic E-state index is 0.141. The molecule has 1 aliphatic rings. The van der Waals surface area contributed by atoms with Gasteiger partial charge in [-0.05, 0) is 12.1 Å². The van der Waals surface area contributed by atoms with E-state index >= 15 is 0 Å². The molecule has 1 aromatic heterocycles. The summed E-state index contributed by atoms with van der Waals surface area (Å²) < 4.78 is 50.2. The molecule has 0 atom stereocenters. The highest BCUT2D eigenvalue weighted by molar-refractivity contribution is 7.91. The minimum Gasteiger partial charge on any atom is -0.391 e. The first kappa shape index (κ1) is 15.9. The zero-order valence-corrected chi connectivity index (χ0v) is 13.3. The zero-order chi connectivity index (χ0) is 15.0. The van der Waals surface area contributed by atoms with Crippen LogP contribution in [0.5, 0.6) is 0 Å². The van der Waals surface area contributed by atoms with E-state index in [0.29, 0.717) is 4.88 Å². The Hall–Kier alpha value is -0.520. The lowest BCUT2D eigenvalue weighted by molar-refractivity contribution is 0.274. The summed E-state index contributed by atoms with van der Waals surface area (Å²) in [6.45, 7) is 0.415. The number of aliphatic hydroxyl groups is 1. The number of hydrogen-bond acceptors (Lipinski definition) is 6. The quantitative estimate of drug-likeness (QED) is 0.798. The van der Waals surface area contributed by atoms with E-state index in [9.17, 15) is 16.8 Å². The van der Waals surface area contributed by atoms with Gasteiger partial charge >= 0.3 is 0 Å². The Morgan fingerprint density at radius 3 is 2.10 bits per heavy atom. The molecule has 1 saturated heterocycles. The predicted molar refractivity (Wildman–Crippen MR) is 75.4 cm³/mol. The SMILES string of the molecule is CS(=O)(=O)N1CCN(S(=O)(=O)c2ccc(CO)s2)CC1. The van der Waals surface area contributed by atoms with E-state index in [0.717, 1.165) is 17.6 Å². The molecule has 2 heterocycles. The molecular weight excluding hydrogens is 324 g/mol. The molecule has 2 rings (SSSR count). The van der Waals surface area contributed by atoms with Crippen LogP contribution in [0.3, 0.4) is 0 Å². The van der Waals surface area contributed by atoms with Crippen molar-refractivity contribution in [1.29, 1.82) is 0 Å². The maximum atomic E-state index is 12.4. The molecule has 0 amide bonds. The molecule has 0 unspecified atom stereocenters. The van der Waals surface area contributed by atoms with Gasteiger partial charge in [0, 0.05) is 31.1 Å². The summed E-state index contributed by atoms with van der Waals surface area (Å²) in [7, 11) is -6.88. The Kier molecular flexibility index (Phi) is 4.52. The fourth-order valence-electron chi connectivity index (χ4n) is 1.95. The smallest absolute Gasteiger partial charge is 0.252 e. The van der Waals surface area contributed by atoms with Crippen LogP contribution >= 0.6 is 11.3 Å². The molecule has 0 aromatic carbocycles. The van der Waals surface area contributed by atoms with Crippen molar-refractivity contribution in [2.75, 3.05) is 32.4 Å². The second kappa shape index (κ2) is 5.70. The fourth-order valence-corrected chi connectivity index (χ4v) is 5.57. The Bertz CT molecular complexity index is 672. The monoisotopic (exact) mass is 340 g/mol. The molecule has 10 heteroatoms. The maximum Gasteiger partial charge on any atom is 0.252 e. The molecule has 0 aliphatic carbocycles. The van der Waals surface area contributed by atoms with Crippen molar-refractivity contribution in [3.63, 3.8) is 0 Å². The lowest BCUT2D eigenvalue weighted by Crippen LogP contribution is -2.50. The Morgan fingerprint density at radius 1 is 1.10 bits per heavy atom. The first-order chi connectivity index (χ1) is 9.25. The van der Waals surface area contributed by atoms with Gasteiger partial charge in [-0.15, -0.1) is 11.3 Å². The van der Waals surface area contributed by atoms with Crippen molar-refractivity contribution < 1.29 is 21.9 Å². The molecule has 0 saturated carbocycles. The average molecular weight is 340 g/mol.